The van der Waals surface area contributed by atoms with Crippen LogP contribution >= 0.6 is 11.3 Å². The molecule has 0 radical (unpaired) electrons. The molecule has 1 heterocycles. The highest BCUT2D eigenvalue weighted by molar-refractivity contribution is 7.22. The van der Waals surface area contributed by atoms with E-state index in [0.717, 1.165) is 79.3 Å². The van der Waals surface area contributed by atoms with E-state index >= 15 is 0 Å². The average Bonchev–Trinajstić information content (AvgIpc) is 4.06. The molecule has 2 aliphatic carbocycles. The zero-order valence-corrected chi connectivity index (χ0v) is 49.3. The van der Waals surface area contributed by atoms with E-state index in [9.17, 15) is 28.8 Å². The minimum atomic E-state index is -0.479. The van der Waals surface area contributed by atoms with Gasteiger partial charge in [-0.15, -0.1) is 0 Å². The van der Waals surface area contributed by atoms with Crippen molar-refractivity contribution >= 4 is 68.7 Å². The predicted octanol–water partition coefficient (Wildman–Crippen LogP) is 13.4. The normalized spacial score (nSPS) is 16.5. The molecule has 0 aliphatic heterocycles. The molecule has 0 atom stereocenters. The number of carbonyl (C=O) groups excluding carboxylic acids is 6. The van der Waals surface area contributed by atoms with Gasteiger partial charge < -0.3 is 37.9 Å². The first-order valence-electron chi connectivity index (χ1n) is 29.8. The standard InChI is InChI=1S/C68H75N3O14S/c1-3-62(72)80-44-16-7-5-14-42-78-54-30-34-56(35-31-54)82-64(74)49-22-24-51(25-23-49)66(76)84-58-38-39-60(53(46-58)47-69-71(41-40-48-18-10-9-11-19-48)68-70-59-20-12-13-21-61(59)86-68)85-67(77)52-28-26-50(27-29-52)65(75)83-57-36-32-55(33-37-57)79-43-15-6-8-17-45-81-63(73)4-2/h3-4,9-13,18-21,30-39,46-47,49-52H,1-2,5-8,14-17,22-29,40-45H2/b69-47+/t49-,50-,51-,52-. The van der Waals surface area contributed by atoms with Crippen LogP contribution in [0.1, 0.15) is 114 Å². The molecular formula is C68H75N3O14S. The number of rotatable bonds is 32. The van der Waals surface area contributed by atoms with Gasteiger partial charge in [0.2, 0.25) is 5.13 Å². The van der Waals surface area contributed by atoms with Crippen LogP contribution in [-0.4, -0.2) is 80.0 Å². The third-order valence-corrected chi connectivity index (χ3v) is 16.1. The quantitative estimate of drug-likeness (QED) is 0.00962. The summed E-state index contributed by atoms with van der Waals surface area (Å²) in [6, 6.07) is 36.6. The van der Waals surface area contributed by atoms with E-state index in [1.54, 1.807) is 72.9 Å². The van der Waals surface area contributed by atoms with Gasteiger partial charge in [0.05, 0.1) is 66.5 Å². The van der Waals surface area contributed by atoms with Gasteiger partial charge in [-0.1, -0.05) is 67.0 Å². The fourth-order valence-electron chi connectivity index (χ4n) is 10.1. The molecule has 5 aromatic carbocycles. The van der Waals surface area contributed by atoms with Crippen LogP contribution in [-0.2, 0) is 44.7 Å². The smallest absolute Gasteiger partial charge is 0.330 e. The highest BCUT2D eigenvalue weighted by Gasteiger charge is 2.34. The number of esters is 6. The van der Waals surface area contributed by atoms with Crippen molar-refractivity contribution in [2.45, 2.75) is 109 Å². The summed E-state index contributed by atoms with van der Waals surface area (Å²) in [5, 5.41) is 7.44. The lowest BCUT2D eigenvalue weighted by atomic mass is 9.82. The molecule has 18 heteroatoms. The predicted molar refractivity (Wildman–Crippen MR) is 328 cm³/mol. The van der Waals surface area contributed by atoms with Gasteiger partial charge in [0.25, 0.3) is 0 Å². The average molecular weight is 1190 g/mol. The van der Waals surface area contributed by atoms with Gasteiger partial charge in [0, 0.05) is 24.3 Å². The minimum Gasteiger partial charge on any atom is -0.494 e. The zero-order valence-electron chi connectivity index (χ0n) is 48.5. The van der Waals surface area contributed by atoms with Crippen molar-refractivity contribution in [1.29, 1.82) is 0 Å². The lowest BCUT2D eigenvalue weighted by molar-refractivity contribution is -0.145. The number of hydrazone groups is 1. The van der Waals surface area contributed by atoms with E-state index in [4.69, 9.17) is 48.0 Å². The molecule has 8 rings (SSSR count). The van der Waals surface area contributed by atoms with Crippen LogP contribution in [0.25, 0.3) is 10.2 Å². The largest absolute Gasteiger partial charge is 0.494 e. The molecule has 6 aromatic rings. The SMILES string of the molecule is C=CC(=O)OCCCCCCOc1ccc(OC(=O)[C@H]2CC[C@H](C(=O)Oc3ccc(OC(=O)[C@H]4CC[C@H](C(=O)Oc5ccc(OCCCCCCOC(=O)C=C)cc5)CC4)c(/C=N/N(CCc4ccccc4)c4nc5ccccc5s4)c3)CC2)cc1. The van der Waals surface area contributed by atoms with Crippen LogP contribution in [0.4, 0.5) is 5.13 Å². The van der Waals surface area contributed by atoms with Crippen molar-refractivity contribution in [3.05, 3.63) is 158 Å². The number of carbonyl (C=O) groups is 6. The summed E-state index contributed by atoms with van der Waals surface area (Å²) >= 11 is 1.51. The Morgan fingerprint density at radius 3 is 1.42 bits per heavy atom. The lowest BCUT2D eigenvalue weighted by Crippen LogP contribution is -2.30. The van der Waals surface area contributed by atoms with Crippen molar-refractivity contribution in [2.75, 3.05) is 38.0 Å². The second kappa shape index (κ2) is 33.7. The minimum absolute atomic E-state index is 0.221. The van der Waals surface area contributed by atoms with E-state index < -0.39 is 41.6 Å². The number of para-hydroxylation sites is 1. The summed E-state index contributed by atoms with van der Waals surface area (Å²) in [7, 11) is 0. The van der Waals surface area contributed by atoms with Gasteiger partial charge in [0.15, 0.2) is 0 Å². The molecule has 17 nitrogen and oxygen atoms in total. The number of unbranched alkanes of at least 4 members (excludes halogenated alkanes) is 6. The molecule has 0 N–H and O–H groups in total. The number of ether oxygens (including phenoxy) is 8. The third-order valence-electron chi connectivity index (χ3n) is 15.0. The topological polar surface area (TPSA) is 205 Å². The number of thiazole rings is 1. The molecule has 0 unspecified atom stereocenters. The molecule has 1 aromatic heterocycles. The van der Waals surface area contributed by atoms with E-state index in [2.05, 4.69) is 25.3 Å². The molecule has 0 bridgehead atoms. The number of hydrogen-bond donors (Lipinski definition) is 0. The molecule has 2 saturated carbocycles. The van der Waals surface area contributed by atoms with Crippen molar-refractivity contribution in [3.8, 4) is 34.5 Å². The Balaban J connectivity index is 0.846. The van der Waals surface area contributed by atoms with Crippen molar-refractivity contribution in [1.82, 2.24) is 4.98 Å². The Morgan fingerprint density at radius 2 is 0.930 bits per heavy atom. The van der Waals surface area contributed by atoms with Crippen molar-refractivity contribution in [3.63, 3.8) is 0 Å². The summed E-state index contributed by atoms with van der Waals surface area (Å²) in [6.45, 7) is 9.06. The fraction of sp³-hybridized carbons (Fsp3) is 0.382. The van der Waals surface area contributed by atoms with E-state index in [0.29, 0.717) is 124 Å². The van der Waals surface area contributed by atoms with Gasteiger partial charge in [0.1, 0.15) is 34.5 Å². The first-order chi connectivity index (χ1) is 42.0. The number of hydrogen-bond acceptors (Lipinski definition) is 18. The Hall–Kier alpha value is -8.64. The summed E-state index contributed by atoms with van der Waals surface area (Å²) in [5.74, 6) is -1.55. The summed E-state index contributed by atoms with van der Waals surface area (Å²) in [5.41, 5.74) is 2.35. The van der Waals surface area contributed by atoms with E-state index in [1.165, 1.54) is 11.3 Å². The Kier molecular flexibility index (Phi) is 24.9. The van der Waals surface area contributed by atoms with Crippen LogP contribution in [0.15, 0.2) is 152 Å². The second-order valence-corrected chi connectivity index (χ2v) is 22.3. The number of fused-ring (bicyclic) bond motifs is 1. The monoisotopic (exact) mass is 1190 g/mol. The molecule has 0 amide bonds. The highest BCUT2D eigenvalue weighted by atomic mass is 32.1. The fourth-order valence-corrected chi connectivity index (χ4v) is 11.0. The molecule has 2 fully saturated rings. The first-order valence-corrected chi connectivity index (χ1v) is 30.6. The maximum absolute atomic E-state index is 14.0. The maximum atomic E-state index is 14.0. The number of anilines is 1. The summed E-state index contributed by atoms with van der Waals surface area (Å²) in [4.78, 5) is 81.7. The maximum Gasteiger partial charge on any atom is 0.330 e. The lowest BCUT2D eigenvalue weighted by Gasteiger charge is -2.26. The van der Waals surface area contributed by atoms with Crippen LogP contribution in [0.2, 0.25) is 0 Å². The molecule has 86 heavy (non-hydrogen) atoms. The molecule has 452 valence electrons. The molecular weight excluding hydrogens is 1110 g/mol. The van der Waals surface area contributed by atoms with E-state index in [-0.39, 0.29) is 29.4 Å². The van der Waals surface area contributed by atoms with Gasteiger partial charge in [-0.25, -0.2) is 19.6 Å². The van der Waals surface area contributed by atoms with Crippen molar-refractivity contribution in [2.24, 2.45) is 28.8 Å². The van der Waals surface area contributed by atoms with E-state index in [1.807, 2.05) is 47.5 Å². The van der Waals surface area contributed by atoms with Gasteiger partial charge in [-0.3, -0.25) is 19.2 Å². The second-order valence-electron chi connectivity index (χ2n) is 21.3. The number of benzene rings is 5. The highest BCUT2D eigenvalue weighted by Crippen LogP contribution is 2.36. The number of nitrogens with zero attached hydrogens (tertiary/aromatic N) is 3. The zero-order chi connectivity index (χ0) is 60.3. The molecule has 0 saturated heterocycles. The van der Waals surface area contributed by atoms with Crippen LogP contribution in [0.5, 0.6) is 34.5 Å². The Labute approximate surface area is 506 Å². The molecule has 2 aliphatic rings. The third kappa shape index (κ3) is 20.3. The first kappa shape index (κ1) is 63.4. The van der Waals surface area contributed by atoms with Crippen LogP contribution < -0.4 is 33.4 Å². The number of aromatic nitrogens is 1. The molecule has 0 spiro atoms. The van der Waals surface area contributed by atoms with Crippen molar-refractivity contribution < 1.29 is 66.7 Å². The summed E-state index contributed by atoms with van der Waals surface area (Å²) in [6.07, 6.45) is 15.0. The van der Waals surface area contributed by atoms with Gasteiger partial charge in [-0.05, 0) is 194 Å². The van der Waals surface area contributed by atoms with Crippen LogP contribution in [0, 0.1) is 23.7 Å². The summed E-state index contributed by atoms with van der Waals surface area (Å²) < 4.78 is 46.4. The Morgan fingerprint density at radius 1 is 0.500 bits per heavy atom. The van der Waals surface area contributed by atoms with Gasteiger partial charge >= 0.3 is 35.8 Å². The van der Waals surface area contributed by atoms with Gasteiger partial charge in [-0.2, -0.15) is 5.10 Å². The van der Waals surface area contributed by atoms with Crippen LogP contribution in [0.3, 0.4) is 0 Å². The Bertz CT molecular complexity index is 3190.